The molecule has 0 saturated heterocycles. The first-order valence-corrected chi connectivity index (χ1v) is 7.90. The molecular weight excluding hydrogens is 244 g/mol. The van der Waals surface area contributed by atoms with E-state index in [1.165, 1.54) is 43.4 Å². The lowest BCUT2D eigenvalue weighted by Crippen LogP contribution is -2.50. The number of aromatic nitrogens is 1. The summed E-state index contributed by atoms with van der Waals surface area (Å²) in [7, 11) is 0. The van der Waals surface area contributed by atoms with Crippen LogP contribution in [-0.4, -0.2) is 11.1 Å². The van der Waals surface area contributed by atoms with Gasteiger partial charge in [-0.3, -0.25) is 0 Å². The summed E-state index contributed by atoms with van der Waals surface area (Å²) in [5.74, 6) is 3.59. The smallest absolute Gasteiger partial charge is 0.199 e. The van der Waals surface area contributed by atoms with Crippen LogP contribution < -0.4 is 10.5 Å². The van der Waals surface area contributed by atoms with E-state index < -0.39 is 0 Å². The monoisotopic (exact) mass is 264 g/mol. The molecule has 4 saturated carbocycles. The highest BCUT2D eigenvalue weighted by Crippen LogP contribution is 2.55. The van der Waals surface area contributed by atoms with Gasteiger partial charge in [-0.05, 0) is 62.7 Å². The van der Waals surface area contributed by atoms with E-state index in [0.29, 0.717) is 11.2 Å². The maximum atomic E-state index is 6.32. The van der Waals surface area contributed by atoms with Crippen molar-refractivity contribution in [3.05, 3.63) is 5.69 Å². The van der Waals surface area contributed by atoms with Gasteiger partial charge in [0.1, 0.15) is 6.10 Å². The second kappa shape index (κ2) is 3.86. The van der Waals surface area contributed by atoms with E-state index in [1.54, 1.807) is 0 Å². The Kier molecular flexibility index (Phi) is 2.38. The highest BCUT2D eigenvalue weighted by Gasteiger charge is 2.49. The summed E-state index contributed by atoms with van der Waals surface area (Å²) < 4.78 is 6.32. The Morgan fingerprint density at radius 3 is 2.22 bits per heavy atom. The molecule has 0 aromatic carbocycles. The second-order valence-electron chi connectivity index (χ2n) is 6.44. The number of thiazole rings is 1. The van der Waals surface area contributed by atoms with Gasteiger partial charge >= 0.3 is 0 Å². The minimum atomic E-state index is 0.441. The Labute approximate surface area is 112 Å². The summed E-state index contributed by atoms with van der Waals surface area (Å²) in [6, 6.07) is 0. The zero-order chi connectivity index (χ0) is 12.3. The Balaban J connectivity index is 1.57. The standard InChI is InChI=1S/C14H20N2OS/c1-7-13(18-14(15)16-7)17-12-10-3-8-2-9(5-10)6-11(12)4-8/h8-12H,2-6H2,1H3,(H2,15,16). The molecule has 5 rings (SSSR count). The SMILES string of the molecule is Cc1nc(N)sc1OC1C2CC3CC(C2)CC1C3. The fourth-order valence-corrected chi connectivity index (χ4v) is 5.43. The van der Waals surface area contributed by atoms with Crippen molar-refractivity contribution in [1.29, 1.82) is 0 Å². The van der Waals surface area contributed by atoms with Gasteiger partial charge < -0.3 is 10.5 Å². The summed E-state index contributed by atoms with van der Waals surface area (Å²) in [5, 5.41) is 1.59. The van der Waals surface area contributed by atoms with E-state index in [0.717, 1.165) is 34.4 Å². The van der Waals surface area contributed by atoms with Gasteiger partial charge in [-0.15, -0.1) is 0 Å². The van der Waals surface area contributed by atoms with Gasteiger partial charge in [0.25, 0.3) is 0 Å². The highest BCUT2D eigenvalue weighted by atomic mass is 32.1. The summed E-state index contributed by atoms with van der Waals surface area (Å²) in [6.07, 6.45) is 7.51. The van der Waals surface area contributed by atoms with Crippen LogP contribution in [0.4, 0.5) is 5.13 Å². The molecule has 1 heterocycles. The van der Waals surface area contributed by atoms with E-state index in [2.05, 4.69) is 4.98 Å². The van der Waals surface area contributed by atoms with Crippen molar-refractivity contribution in [2.45, 2.75) is 45.1 Å². The van der Waals surface area contributed by atoms with Crippen LogP contribution >= 0.6 is 11.3 Å². The number of nitrogens with two attached hydrogens (primary N) is 1. The van der Waals surface area contributed by atoms with Gasteiger partial charge in [0.2, 0.25) is 0 Å². The lowest BCUT2D eigenvalue weighted by atomic mass is 9.55. The third-order valence-corrected chi connectivity index (χ3v) is 6.03. The van der Waals surface area contributed by atoms with Crippen LogP contribution in [0.5, 0.6) is 5.06 Å². The summed E-state index contributed by atoms with van der Waals surface area (Å²) in [6.45, 7) is 2.00. The predicted molar refractivity (Wildman–Crippen MR) is 72.7 cm³/mol. The van der Waals surface area contributed by atoms with E-state index in [9.17, 15) is 0 Å². The molecule has 4 aliphatic rings. The van der Waals surface area contributed by atoms with Crippen molar-refractivity contribution in [3.8, 4) is 5.06 Å². The van der Waals surface area contributed by atoms with E-state index in [4.69, 9.17) is 10.5 Å². The van der Waals surface area contributed by atoms with Crippen molar-refractivity contribution in [1.82, 2.24) is 4.98 Å². The van der Waals surface area contributed by atoms with Gasteiger partial charge in [0.05, 0.1) is 5.69 Å². The largest absolute Gasteiger partial charge is 0.479 e. The van der Waals surface area contributed by atoms with Crippen molar-refractivity contribution < 1.29 is 4.74 Å². The van der Waals surface area contributed by atoms with Gasteiger partial charge in [-0.25, -0.2) is 4.98 Å². The Hall–Kier alpha value is -0.770. The third kappa shape index (κ3) is 1.65. The Morgan fingerprint density at radius 2 is 1.72 bits per heavy atom. The van der Waals surface area contributed by atoms with Crippen LogP contribution in [0.2, 0.25) is 0 Å². The first-order chi connectivity index (χ1) is 8.69. The molecule has 4 aliphatic carbocycles. The molecule has 0 aliphatic heterocycles. The molecule has 1 aromatic heterocycles. The van der Waals surface area contributed by atoms with Crippen LogP contribution in [0.15, 0.2) is 0 Å². The number of hydrogen-bond acceptors (Lipinski definition) is 4. The van der Waals surface area contributed by atoms with Crippen LogP contribution in [0.25, 0.3) is 0 Å². The number of anilines is 1. The average molecular weight is 264 g/mol. The molecule has 4 heteroatoms. The number of aryl methyl sites for hydroxylation is 1. The Bertz CT molecular complexity index is 442. The van der Waals surface area contributed by atoms with Gasteiger partial charge in [-0.1, -0.05) is 11.3 Å². The second-order valence-corrected chi connectivity index (χ2v) is 7.43. The molecule has 0 radical (unpaired) electrons. The number of nitrogen functional groups attached to an aromatic ring is 1. The molecule has 98 valence electrons. The summed E-state index contributed by atoms with van der Waals surface area (Å²) >= 11 is 1.50. The summed E-state index contributed by atoms with van der Waals surface area (Å²) in [4.78, 5) is 4.27. The molecular formula is C14H20N2OS. The molecule has 2 N–H and O–H groups in total. The number of hydrogen-bond donors (Lipinski definition) is 1. The highest BCUT2D eigenvalue weighted by molar-refractivity contribution is 7.17. The molecule has 0 atom stereocenters. The van der Waals surface area contributed by atoms with Crippen LogP contribution in [0.3, 0.4) is 0 Å². The number of ether oxygens (including phenoxy) is 1. The van der Waals surface area contributed by atoms with Crippen LogP contribution in [0, 0.1) is 30.6 Å². The lowest BCUT2D eigenvalue weighted by molar-refractivity contribution is -0.0779. The van der Waals surface area contributed by atoms with E-state index in [-0.39, 0.29) is 0 Å². The minimum Gasteiger partial charge on any atom is -0.479 e. The van der Waals surface area contributed by atoms with Crippen molar-refractivity contribution in [3.63, 3.8) is 0 Å². The molecule has 0 spiro atoms. The fraction of sp³-hybridized carbons (Fsp3) is 0.786. The maximum Gasteiger partial charge on any atom is 0.199 e. The number of nitrogens with zero attached hydrogens (tertiary/aromatic N) is 1. The summed E-state index contributed by atoms with van der Waals surface area (Å²) in [5.41, 5.74) is 6.72. The number of rotatable bonds is 2. The minimum absolute atomic E-state index is 0.441. The van der Waals surface area contributed by atoms with Crippen LogP contribution in [-0.2, 0) is 0 Å². The molecule has 0 unspecified atom stereocenters. The van der Waals surface area contributed by atoms with E-state index in [1.807, 2.05) is 6.92 Å². The quantitative estimate of drug-likeness (QED) is 0.892. The maximum absolute atomic E-state index is 6.32. The van der Waals surface area contributed by atoms with Crippen LogP contribution in [0.1, 0.15) is 37.8 Å². The first-order valence-electron chi connectivity index (χ1n) is 7.08. The predicted octanol–water partition coefficient (Wildman–Crippen LogP) is 3.24. The topological polar surface area (TPSA) is 48.1 Å². The van der Waals surface area contributed by atoms with Gasteiger partial charge in [0, 0.05) is 0 Å². The molecule has 4 bridgehead atoms. The zero-order valence-corrected chi connectivity index (χ0v) is 11.6. The van der Waals surface area contributed by atoms with Gasteiger partial charge in [-0.2, -0.15) is 0 Å². The normalized spacial score (nSPS) is 41.3. The Morgan fingerprint density at radius 1 is 1.11 bits per heavy atom. The molecule has 18 heavy (non-hydrogen) atoms. The van der Waals surface area contributed by atoms with Gasteiger partial charge in [0.15, 0.2) is 10.2 Å². The fourth-order valence-electron chi connectivity index (χ4n) is 4.70. The molecule has 3 nitrogen and oxygen atoms in total. The van der Waals surface area contributed by atoms with Crippen molar-refractivity contribution in [2.75, 3.05) is 5.73 Å². The molecule has 0 amide bonds. The molecule has 4 fully saturated rings. The zero-order valence-electron chi connectivity index (χ0n) is 10.8. The lowest BCUT2D eigenvalue weighted by Gasteiger charge is -2.53. The third-order valence-electron chi connectivity index (χ3n) is 5.15. The molecule has 1 aromatic rings. The van der Waals surface area contributed by atoms with E-state index >= 15 is 0 Å². The first kappa shape index (κ1) is 11.1. The average Bonchev–Trinajstić information content (AvgIpc) is 2.61. The van der Waals surface area contributed by atoms with Crippen molar-refractivity contribution >= 4 is 16.5 Å². The van der Waals surface area contributed by atoms with Crippen molar-refractivity contribution in [2.24, 2.45) is 23.7 Å².